The number of rotatable bonds is 3. The molecule has 3 heteroatoms. The Kier molecular flexibility index (Phi) is 3.93. The predicted molar refractivity (Wildman–Crippen MR) is 73.2 cm³/mol. The summed E-state index contributed by atoms with van der Waals surface area (Å²) in [6.07, 6.45) is 0. The van der Waals surface area contributed by atoms with Crippen molar-refractivity contribution >= 4 is 0 Å². The van der Waals surface area contributed by atoms with Gasteiger partial charge in [0.1, 0.15) is 12.4 Å². The molecule has 0 aromatic heterocycles. The van der Waals surface area contributed by atoms with Crippen LogP contribution in [0, 0.1) is 13.8 Å². The molecule has 100 valence electrons. The van der Waals surface area contributed by atoms with Gasteiger partial charge in [0.25, 0.3) is 0 Å². The summed E-state index contributed by atoms with van der Waals surface area (Å²) in [6.45, 7) is 10.6. The first-order valence-electron chi connectivity index (χ1n) is 6.52. The first kappa shape index (κ1) is 13.4. The Hall–Kier alpha value is -1.06. The Bertz CT molecular complexity index is 395. The van der Waals surface area contributed by atoms with E-state index in [0.29, 0.717) is 13.2 Å². The Morgan fingerprint density at radius 2 is 2.00 bits per heavy atom. The van der Waals surface area contributed by atoms with Crippen LogP contribution in [0.1, 0.15) is 25.0 Å². The van der Waals surface area contributed by atoms with Crippen LogP contribution < -0.4 is 10.1 Å². The quantitative estimate of drug-likeness (QED) is 0.892. The topological polar surface area (TPSA) is 30.5 Å². The van der Waals surface area contributed by atoms with Gasteiger partial charge in [-0.3, -0.25) is 0 Å². The lowest BCUT2D eigenvalue weighted by Crippen LogP contribution is -2.57. The lowest BCUT2D eigenvalue weighted by molar-refractivity contribution is 0.000821. The molecule has 18 heavy (non-hydrogen) atoms. The number of aryl methyl sites for hydroxylation is 2. The van der Waals surface area contributed by atoms with Crippen molar-refractivity contribution in [2.24, 2.45) is 0 Å². The summed E-state index contributed by atoms with van der Waals surface area (Å²) in [5.41, 5.74) is 2.41. The number of nitrogens with one attached hydrogen (secondary N) is 1. The van der Waals surface area contributed by atoms with Crippen LogP contribution in [0.5, 0.6) is 5.75 Å². The molecule has 1 aromatic rings. The van der Waals surface area contributed by atoms with Crippen LogP contribution in [0.2, 0.25) is 0 Å². The first-order valence-corrected chi connectivity index (χ1v) is 6.52. The number of hydrogen-bond acceptors (Lipinski definition) is 3. The summed E-state index contributed by atoms with van der Waals surface area (Å²) in [7, 11) is 0. The lowest BCUT2D eigenvalue weighted by atomic mass is 10.0. The molecule has 1 heterocycles. The fourth-order valence-corrected chi connectivity index (χ4v) is 2.39. The highest BCUT2D eigenvalue weighted by atomic mass is 16.5. The molecule has 3 nitrogen and oxygen atoms in total. The van der Waals surface area contributed by atoms with Crippen molar-refractivity contribution in [2.75, 3.05) is 19.8 Å². The van der Waals surface area contributed by atoms with E-state index in [2.05, 4.69) is 51.2 Å². The summed E-state index contributed by atoms with van der Waals surface area (Å²) in [5, 5.41) is 3.55. The molecule has 1 aliphatic rings. The van der Waals surface area contributed by atoms with Gasteiger partial charge in [0.15, 0.2) is 0 Å². The molecule has 0 aliphatic carbocycles. The van der Waals surface area contributed by atoms with Gasteiger partial charge in [-0.1, -0.05) is 18.2 Å². The van der Waals surface area contributed by atoms with Gasteiger partial charge in [0, 0.05) is 5.54 Å². The molecule has 0 bridgehead atoms. The highest BCUT2D eigenvalue weighted by Crippen LogP contribution is 2.23. The van der Waals surface area contributed by atoms with Crippen molar-refractivity contribution in [3.05, 3.63) is 29.3 Å². The molecule has 1 aliphatic heterocycles. The Balaban J connectivity index is 1.95. The Morgan fingerprint density at radius 1 is 1.33 bits per heavy atom. The van der Waals surface area contributed by atoms with Gasteiger partial charge >= 0.3 is 0 Å². The zero-order valence-electron chi connectivity index (χ0n) is 11.7. The van der Waals surface area contributed by atoms with Crippen molar-refractivity contribution in [1.29, 1.82) is 0 Å². The van der Waals surface area contributed by atoms with Gasteiger partial charge in [0.05, 0.1) is 19.3 Å². The van der Waals surface area contributed by atoms with Crippen LogP contribution in [0.4, 0.5) is 0 Å². The molecule has 1 N–H and O–H groups in total. The monoisotopic (exact) mass is 249 g/mol. The van der Waals surface area contributed by atoms with Gasteiger partial charge in [-0.15, -0.1) is 0 Å². The Morgan fingerprint density at radius 3 is 2.61 bits per heavy atom. The minimum atomic E-state index is 0.0348. The number of benzene rings is 1. The maximum atomic E-state index is 5.96. The molecule has 2 rings (SSSR count). The SMILES string of the molecule is Cc1cccc(C)c1OCC1COCC(C)(C)N1. The van der Waals surface area contributed by atoms with E-state index in [1.165, 1.54) is 11.1 Å². The summed E-state index contributed by atoms with van der Waals surface area (Å²) in [4.78, 5) is 0. The number of hydrogen-bond donors (Lipinski definition) is 1. The van der Waals surface area contributed by atoms with E-state index < -0.39 is 0 Å². The van der Waals surface area contributed by atoms with Crippen LogP contribution in [-0.2, 0) is 4.74 Å². The van der Waals surface area contributed by atoms with Crippen LogP contribution in [0.25, 0.3) is 0 Å². The molecule has 0 saturated carbocycles. The summed E-state index contributed by atoms with van der Waals surface area (Å²) in [6, 6.07) is 6.48. The van der Waals surface area contributed by atoms with Crippen molar-refractivity contribution in [1.82, 2.24) is 5.32 Å². The number of para-hydroxylation sites is 1. The lowest BCUT2D eigenvalue weighted by Gasteiger charge is -2.36. The van der Waals surface area contributed by atoms with Gasteiger partial charge in [-0.25, -0.2) is 0 Å². The predicted octanol–water partition coefficient (Wildman–Crippen LogP) is 2.45. The normalized spacial score (nSPS) is 22.8. The van der Waals surface area contributed by atoms with E-state index in [0.717, 1.165) is 12.4 Å². The van der Waals surface area contributed by atoms with E-state index in [9.17, 15) is 0 Å². The van der Waals surface area contributed by atoms with E-state index in [4.69, 9.17) is 9.47 Å². The minimum absolute atomic E-state index is 0.0348. The molecule has 1 fully saturated rings. The number of ether oxygens (including phenoxy) is 2. The molecule has 0 radical (unpaired) electrons. The average molecular weight is 249 g/mol. The third-order valence-electron chi connectivity index (χ3n) is 3.21. The highest BCUT2D eigenvalue weighted by molar-refractivity contribution is 5.39. The molecule has 0 amide bonds. The minimum Gasteiger partial charge on any atom is -0.491 e. The molecular formula is C15H23NO2. The third kappa shape index (κ3) is 3.24. The third-order valence-corrected chi connectivity index (χ3v) is 3.21. The second-order valence-electron chi connectivity index (χ2n) is 5.77. The van der Waals surface area contributed by atoms with Crippen molar-refractivity contribution in [2.45, 2.75) is 39.3 Å². The fourth-order valence-electron chi connectivity index (χ4n) is 2.39. The second kappa shape index (κ2) is 5.29. The van der Waals surface area contributed by atoms with Crippen molar-refractivity contribution in [3.63, 3.8) is 0 Å². The first-order chi connectivity index (χ1) is 8.48. The van der Waals surface area contributed by atoms with Crippen molar-refractivity contribution in [3.8, 4) is 5.75 Å². The van der Waals surface area contributed by atoms with Gasteiger partial charge in [-0.05, 0) is 38.8 Å². The smallest absolute Gasteiger partial charge is 0.125 e. The maximum Gasteiger partial charge on any atom is 0.125 e. The van der Waals surface area contributed by atoms with Gasteiger partial charge < -0.3 is 14.8 Å². The fraction of sp³-hybridized carbons (Fsp3) is 0.600. The maximum absolute atomic E-state index is 5.96. The largest absolute Gasteiger partial charge is 0.491 e. The summed E-state index contributed by atoms with van der Waals surface area (Å²) in [5.74, 6) is 1.00. The van der Waals surface area contributed by atoms with Gasteiger partial charge in [-0.2, -0.15) is 0 Å². The van der Waals surface area contributed by atoms with E-state index in [-0.39, 0.29) is 11.6 Å². The summed E-state index contributed by atoms with van der Waals surface area (Å²) < 4.78 is 11.6. The van der Waals surface area contributed by atoms with Crippen molar-refractivity contribution < 1.29 is 9.47 Å². The summed E-state index contributed by atoms with van der Waals surface area (Å²) >= 11 is 0. The molecule has 1 saturated heterocycles. The van der Waals surface area contributed by atoms with Crippen LogP contribution >= 0.6 is 0 Å². The number of morpholine rings is 1. The Labute approximate surface area is 109 Å². The van der Waals surface area contributed by atoms with Crippen LogP contribution in [0.3, 0.4) is 0 Å². The molecule has 1 atom stereocenters. The van der Waals surface area contributed by atoms with Crippen LogP contribution in [-0.4, -0.2) is 31.4 Å². The molecule has 1 unspecified atom stereocenters. The van der Waals surface area contributed by atoms with Crippen LogP contribution in [0.15, 0.2) is 18.2 Å². The molecule has 0 spiro atoms. The highest BCUT2D eigenvalue weighted by Gasteiger charge is 2.28. The van der Waals surface area contributed by atoms with E-state index >= 15 is 0 Å². The zero-order valence-corrected chi connectivity index (χ0v) is 11.7. The second-order valence-corrected chi connectivity index (χ2v) is 5.77. The average Bonchev–Trinajstić information content (AvgIpc) is 2.27. The molecular weight excluding hydrogens is 226 g/mol. The zero-order chi connectivity index (χ0) is 13.2. The van der Waals surface area contributed by atoms with E-state index in [1.807, 2.05) is 0 Å². The van der Waals surface area contributed by atoms with E-state index in [1.54, 1.807) is 0 Å². The molecule has 1 aromatic carbocycles. The standard InChI is InChI=1S/C15H23NO2/c1-11-6-5-7-12(2)14(11)18-9-13-8-17-10-15(3,4)16-13/h5-7,13,16H,8-10H2,1-4H3. The van der Waals surface area contributed by atoms with Gasteiger partial charge in [0.2, 0.25) is 0 Å².